The van der Waals surface area contributed by atoms with Gasteiger partial charge in [-0.05, 0) is 23.8 Å². The molecule has 0 amide bonds. The molecule has 3 aromatic rings. The third-order valence-electron chi connectivity index (χ3n) is 4.11. The molecule has 2 nitrogen and oxygen atoms in total. The summed E-state index contributed by atoms with van der Waals surface area (Å²) in [5, 5.41) is 0. The highest BCUT2D eigenvalue weighted by Gasteiger charge is 2.30. The lowest BCUT2D eigenvalue weighted by Gasteiger charge is -2.09. The van der Waals surface area contributed by atoms with Crippen molar-refractivity contribution in [3.63, 3.8) is 0 Å². The highest BCUT2D eigenvalue weighted by molar-refractivity contribution is 6.33. The second-order valence-electron chi connectivity index (χ2n) is 6.07. The van der Waals surface area contributed by atoms with Gasteiger partial charge in [0.15, 0.2) is 11.6 Å². The van der Waals surface area contributed by atoms with Crippen molar-refractivity contribution < 1.29 is 22.8 Å². The second-order valence-corrected chi connectivity index (χ2v) is 6.07. The molecule has 0 spiro atoms. The van der Waals surface area contributed by atoms with Crippen LogP contribution >= 0.6 is 0 Å². The third-order valence-corrected chi connectivity index (χ3v) is 4.11. The largest absolute Gasteiger partial charge is 0.416 e. The van der Waals surface area contributed by atoms with E-state index in [-0.39, 0.29) is 5.57 Å². The van der Waals surface area contributed by atoms with Gasteiger partial charge in [0, 0.05) is 11.1 Å². The number of benzene rings is 3. The molecule has 0 unspecified atom stereocenters. The molecular formula is C23H15F3O2. The molecule has 0 N–H and O–H groups in total. The normalized spacial score (nSPS) is 11.0. The summed E-state index contributed by atoms with van der Waals surface area (Å²) in [6.07, 6.45) is -3.13. The van der Waals surface area contributed by atoms with E-state index in [1.165, 1.54) is 18.2 Å². The van der Waals surface area contributed by atoms with E-state index in [4.69, 9.17) is 0 Å². The summed E-state index contributed by atoms with van der Waals surface area (Å²) in [6.45, 7) is 0. The van der Waals surface area contributed by atoms with Crippen LogP contribution in [0.4, 0.5) is 13.2 Å². The van der Waals surface area contributed by atoms with Gasteiger partial charge in [-0.15, -0.1) is 0 Å². The van der Waals surface area contributed by atoms with Gasteiger partial charge >= 0.3 is 6.18 Å². The van der Waals surface area contributed by atoms with E-state index in [2.05, 4.69) is 0 Å². The zero-order chi connectivity index (χ0) is 20.1. The Balaban J connectivity index is 2.04. The van der Waals surface area contributed by atoms with E-state index in [0.717, 1.165) is 12.1 Å². The van der Waals surface area contributed by atoms with Gasteiger partial charge in [-0.25, -0.2) is 0 Å². The Kier molecular flexibility index (Phi) is 5.54. The summed E-state index contributed by atoms with van der Waals surface area (Å²) in [6, 6.07) is 20.8. The molecule has 0 aliphatic carbocycles. The summed E-state index contributed by atoms with van der Waals surface area (Å²) in [5.41, 5.74) is 0.0681. The van der Waals surface area contributed by atoms with Crippen LogP contribution < -0.4 is 0 Å². The molecule has 5 heteroatoms. The molecule has 140 valence electrons. The van der Waals surface area contributed by atoms with Crippen molar-refractivity contribution in [2.24, 2.45) is 0 Å². The van der Waals surface area contributed by atoms with Gasteiger partial charge in [0.25, 0.3) is 0 Å². The average molecular weight is 380 g/mol. The molecular weight excluding hydrogens is 365 g/mol. The fourth-order valence-corrected chi connectivity index (χ4v) is 2.66. The van der Waals surface area contributed by atoms with Crippen molar-refractivity contribution in [2.75, 3.05) is 0 Å². The molecule has 0 aliphatic rings. The van der Waals surface area contributed by atoms with Gasteiger partial charge < -0.3 is 0 Å². The Labute approximate surface area is 160 Å². The highest BCUT2D eigenvalue weighted by Crippen LogP contribution is 2.29. The molecule has 0 aliphatic heterocycles. The van der Waals surface area contributed by atoms with Crippen LogP contribution in [0.5, 0.6) is 0 Å². The number of carbonyl (C=O) groups excluding carboxylic acids is 2. The van der Waals surface area contributed by atoms with Crippen LogP contribution in [0.25, 0.3) is 6.08 Å². The Morgan fingerprint density at radius 2 is 1.07 bits per heavy atom. The van der Waals surface area contributed by atoms with Crippen LogP contribution in [0.15, 0.2) is 90.5 Å². The fourth-order valence-electron chi connectivity index (χ4n) is 2.66. The van der Waals surface area contributed by atoms with E-state index in [1.54, 1.807) is 60.7 Å². The van der Waals surface area contributed by atoms with Crippen LogP contribution in [0.3, 0.4) is 0 Å². The number of ketones is 2. The van der Waals surface area contributed by atoms with Crippen LogP contribution in [0.1, 0.15) is 31.8 Å². The smallest absolute Gasteiger partial charge is 0.288 e. The predicted molar refractivity (Wildman–Crippen MR) is 101 cm³/mol. The third kappa shape index (κ3) is 4.43. The molecule has 0 atom stereocenters. The molecule has 3 rings (SSSR count). The summed E-state index contributed by atoms with van der Waals surface area (Å²) in [4.78, 5) is 25.8. The maximum atomic E-state index is 12.9. The van der Waals surface area contributed by atoms with Gasteiger partial charge in [-0.2, -0.15) is 13.2 Å². The zero-order valence-electron chi connectivity index (χ0n) is 14.6. The Morgan fingerprint density at radius 1 is 0.643 bits per heavy atom. The topological polar surface area (TPSA) is 34.1 Å². The lowest BCUT2D eigenvalue weighted by molar-refractivity contribution is -0.137. The maximum absolute atomic E-state index is 12.9. The first-order valence-electron chi connectivity index (χ1n) is 8.45. The van der Waals surface area contributed by atoms with Gasteiger partial charge in [0.1, 0.15) is 0 Å². The first-order chi connectivity index (χ1) is 13.4. The number of rotatable bonds is 5. The molecule has 0 saturated carbocycles. The van der Waals surface area contributed by atoms with Crippen LogP contribution in [0.2, 0.25) is 0 Å². The number of Topliss-reactive ketones (excluding diaryl/α,β-unsaturated/α-hetero) is 2. The van der Waals surface area contributed by atoms with E-state index < -0.39 is 23.3 Å². The monoisotopic (exact) mass is 380 g/mol. The Hall–Kier alpha value is -3.47. The molecule has 0 radical (unpaired) electrons. The minimum Gasteiger partial charge on any atom is -0.288 e. The Morgan fingerprint density at radius 3 is 1.46 bits per heavy atom. The van der Waals surface area contributed by atoms with Crippen molar-refractivity contribution >= 4 is 17.6 Å². The standard InChI is InChI=1S/C23H15F3O2/c24-23(25,26)19-13-11-16(12-14-19)15-20(21(27)17-7-3-1-4-8-17)22(28)18-9-5-2-6-10-18/h1-15H. The number of allylic oxidation sites excluding steroid dienone is 1. The van der Waals surface area contributed by atoms with Gasteiger partial charge in [0.05, 0.1) is 11.1 Å². The zero-order valence-corrected chi connectivity index (χ0v) is 14.6. The molecule has 0 aromatic heterocycles. The summed E-state index contributed by atoms with van der Waals surface area (Å²) >= 11 is 0. The maximum Gasteiger partial charge on any atom is 0.416 e. The van der Waals surface area contributed by atoms with Crippen LogP contribution in [0, 0.1) is 0 Å². The molecule has 0 saturated heterocycles. The molecule has 28 heavy (non-hydrogen) atoms. The second kappa shape index (κ2) is 8.05. The lowest BCUT2D eigenvalue weighted by atomic mass is 9.94. The molecule has 0 fully saturated rings. The average Bonchev–Trinajstić information content (AvgIpc) is 2.72. The number of halogens is 3. The van der Waals surface area contributed by atoms with Gasteiger partial charge in [0.2, 0.25) is 0 Å². The summed E-state index contributed by atoms with van der Waals surface area (Å²) in [5.74, 6) is -0.983. The van der Waals surface area contributed by atoms with Crippen LogP contribution in [-0.4, -0.2) is 11.6 Å². The SMILES string of the molecule is O=C(C(=Cc1ccc(C(F)(F)F)cc1)C(=O)c1ccccc1)c1ccccc1. The first-order valence-corrected chi connectivity index (χ1v) is 8.45. The van der Waals surface area contributed by atoms with Gasteiger partial charge in [-0.3, -0.25) is 9.59 Å². The number of carbonyl (C=O) groups is 2. The van der Waals surface area contributed by atoms with Crippen molar-refractivity contribution in [1.82, 2.24) is 0 Å². The lowest BCUT2D eigenvalue weighted by Crippen LogP contribution is -2.13. The van der Waals surface area contributed by atoms with Crippen molar-refractivity contribution in [2.45, 2.75) is 6.18 Å². The van der Waals surface area contributed by atoms with E-state index in [0.29, 0.717) is 16.7 Å². The van der Waals surface area contributed by atoms with Crippen molar-refractivity contribution in [3.05, 3.63) is 113 Å². The molecule has 0 bridgehead atoms. The minimum atomic E-state index is -4.45. The van der Waals surface area contributed by atoms with Crippen molar-refractivity contribution in [1.29, 1.82) is 0 Å². The Bertz CT molecular complexity index is 950. The number of hydrogen-bond acceptors (Lipinski definition) is 2. The van der Waals surface area contributed by atoms with Gasteiger partial charge in [-0.1, -0.05) is 72.8 Å². The highest BCUT2D eigenvalue weighted by atomic mass is 19.4. The molecule has 0 heterocycles. The van der Waals surface area contributed by atoms with Crippen LogP contribution in [-0.2, 0) is 6.18 Å². The number of alkyl halides is 3. The summed E-state index contributed by atoms with van der Waals surface area (Å²) < 4.78 is 38.3. The minimum absolute atomic E-state index is 0.114. The quantitative estimate of drug-likeness (QED) is 0.241. The number of hydrogen-bond donors (Lipinski definition) is 0. The molecule has 3 aromatic carbocycles. The fraction of sp³-hybridized carbons (Fsp3) is 0.0435. The van der Waals surface area contributed by atoms with E-state index >= 15 is 0 Å². The summed E-state index contributed by atoms with van der Waals surface area (Å²) in [7, 11) is 0. The predicted octanol–water partition coefficient (Wildman–Crippen LogP) is 5.85. The van der Waals surface area contributed by atoms with E-state index in [9.17, 15) is 22.8 Å². The van der Waals surface area contributed by atoms with Crippen molar-refractivity contribution in [3.8, 4) is 0 Å². The first kappa shape index (κ1) is 19.3. The van der Waals surface area contributed by atoms with E-state index in [1.807, 2.05) is 0 Å².